The molecule has 0 radical (unpaired) electrons. The number of esters is 1. The lowest BCUT2D eigenvalue weighted by molar-refractivity contribution is -0.153. The fourth-order valence-corrected chi connectivity index (χ4v) is 5.29. The van der Waals surface area contributed by atoms with E-state index in [2.05, 4.69) is 74.6 Å². The summed E-state index contributed by atoms with van der Waals surface area (Å²) in [6.45, 7) is 4.41. The number of aliphatic carboxylic acids is 1. The van der Waals surface area contributed by atoms with Gasteiger partial charge in [0.1, 0.15) is 6.10 Å². The lowest BCUT2D eigenvalue weighted by Crippen LogP contribution is -2.21. The summed E-state index contributed by atoms with van der Waals surface area (Å²) in [6.07, 6.45) is 49.5. The molecule has 0 aromatic carbocycles. The minimum Gasteiger partial charge on any atom is -0.481 e. The van der Waals surface area contributed by atoms with Crippen molar-refractivity contribution in [2.24, 2.45) is 0 Å². The molecule has 0 aromatic rings. The molecular formula is C41H70O4. The van der Waals surface area contributed by atoms with Crippen LogP contribution in [0.1, 0.15) is 181 Å². The smallest absolute Gasteiger partial charge is 0.307 e. The van der Waals surface area contributed by atoms with Crippen molar-refractivity contribution < 1.29 is 19.4 Å². The van der Waals surface area contributed by atoms with Crippen molar-refractivity contribution in [1.29, 1.82) is 0 Å². The van der Waals surface area contributed by atoms with E-state index in [1.54, 1.807) is 0 Å². The van der Waals surface area contributed by atoms with Crippen LogP contribution in [0.5, 0.6) is 0 Å². The first-order valence-corrected chi connectivity index (χ1v) is 18.8. The van der Waals surface area contributed by atoms with Crippen LogP contribution in [-0.2, 0) is 14.3 Å². The van der Waals surface area contributed by atoms with Gasteiger partial charge in [-0.05, 0) is 64.2 Å². The first-order valence-electron chi connectivity index (χ1n) is 18.8. The molecule has 0 saturated heterocycles. The van der Waals surface area contributed by atoms with Gasteiger partial charge < -0.3 is 9.84 Å². The number of carbonyl (C=O) groups is 2. The standard InChI is InChI=1S/C41H70O4/c1-3-5-7-9-11-13-15-17-18-19-20-21-22-23-24-25-27-29-31-33-35-37-41(44)45-39(38-40(42)43)36-34-32-30-28-26-16-14-12-10-8-6-4-2/h5,7,11,13,17-18,20-21,23-24,39H,3-4,6,8-10,12,14-16,19,22,25-38H2,1-2H3,(H,42,43)/b7-5-,13-11-,18-17-,21-20-,24-23-. The Labute approximate surface area is 278 Å². The van der Waals surface area contributed by atoms with Gasteiger partial charge in [0.2, 0.25) is 0 Å². The molecule has 1 unspecified atom stereocenters. The second-order valence-corrected chi connectivity index (χ2v) is 12.4. The Morgan fingerprint density at radius 1 is 0.533 bits per heavy atom. The molecule has 0 aliphatic carbocycles. The summed E-state index contributed by atoms with van der Waals surface area (Å²) in [6, 6.07) is 0. The summed E-state index contributed by atoms with van der Waals surface area (Å²) in [4.78, 5) is 23.6. The van der Waals surface area contributed by atoms with E-state index < -0.39 is 12.1 Å². The van der Waals surface area contributed by atoms with E-state index in [-0.39, 0.29) is 12.4 Å². The quantitative estimate of drug-likeness (QED) is 0.0447. The molecule has 4 heteroatoms. The first kappa shape index (κ1) is 42.6. The summed E-state index contributed by atoms with van der Waals surface area (Å²) < 4.78 is 5.56. The highest BCUT2D eigenvalue weighted by Gasteiger charge is 2.17. The second-order valence-electron chi connectivity index (χ2n) is 12.4. The van der Waals surface area contributed by atoms with Gasteiger partial charge in [-0.3, -0.25) is 9.59 Å². The van der Waals surface area contributed by atoms with Gasteiger partial charge in [0, 0.05) is 6.42 Å². The maximum atomic E-state index is 12.3. The van der Waals surface area contributed by atoms with Gasteiger partial charge in [0.25, 0.3) is 0 Å². The molecule has 0 fully saturated rings. The molecule has 0 aliphatic heterocycles. The normalized spacial score (nSPS) is 12.9. The highest BCUT2D eigenvalue weighted by molar-refractivity contribution is 5.71. The molecule has 1 N–H and O–H groups in total. The summed E-state index contributed by atoms with van der Waals surface area (Å²) >= 11 is 0. The minimum atomic E-state index is -0.890. The predicted octanol–water partition coefficient (Wildman–Crippen LogP) is 12.9. The molecule has 0 aliphatic rings. The molecule has 4 nitrogen and oxygen atoms in total. The molecular weight excluding hydrogens is 556 g/mol. The van der Waals surface area contributed by atoms with Gasteiger partial charge in [0.05, 0.1) is 6.42 Å². The summed E-state index contributed by atoms with van der Waals surface area (Å²) in [5.41, 5.74) is 0. The SMILES string of the molecule is CC/C=C\C/C=C\C/C=C\C/C=C\C/C=C\CCCCCCCC(=O)OC(CCCCCCCCCCCCCC)CC(=O)O. The van der Waals surface area contributed by atoms with Crippen molar-refractivity contribution in [3.63, 3.8) is 0 Å². The zero-order valence-electron chi connectivity index (χ0n) is 29.4. The van der Waals surface area contributed by atoms with Crippen LogP contribution in [-0.4, -0.2) is 23.1 Å². The van der Waals surface area contributed by atoms with Crippen molar-refractivity contribution in [2.45, 2.75) is 187 Å². The summed E-state index contributed by atoms with van der Waals surface area (Å²) in [5, 5.41) is 9.24. The number of carboxylic acid groups (broad SMARTS) is 1. The number of allylic oxidation sites excluding steroid dienone is 10. The van der Waals surface area contributed by atoms with Crippen LogP contribution in [0.25, 0.3) is 0 Å². The molecule has 45 heavy (non-hydrogen) atoms. The zero-order valence-corrected chi connectivity index (χ0v) is 29.4. The minimum absolute atomic E-state index is 0.0838. The lowest BCUT2D eigenvalue weighted by atomic mass is 10.0. The summed E-state index contributed by atoms with van der Waals surface area (Å²) in [7, 11) is 0. The average Bonchev–Trinajstić information content (AvgIpc) is 3.02. The number of rotatable bonds is 33. The van der Waals surface area contributed by atoms with Crippen molar-refractivity contribution in [1.82, 2.24) is 0 Å². The molecule has 0 rings (SSSR count). The number of carboxylic acids is 1. The Kier molecular flexibility index (Phi) is 34.2. The van der Waals surface area contributed by atoms with Gasteiger partial charge in [-0.15, -0.1) is 0 Å². The van der Waals surface area contributed by atoms with E-state index in [9.17, 15) is 14.7 Å². The van der Waals surface area contributed by atoms with E-state index in [1.807, 2.05) is 0 Å². The first-order chi connectivity index (χ1) is 22.1. The van der Waals surface area contributed by atoms with Crippen LogP contribution in [0.2, 0.25) is 0 Å². The second kappa shape index (κ2) is 36.1. The number of hydrogen-bond donors (Lipinski definition) is 1. The molecule has 1 atom stereocenters. The van der Waals surface area contributed by atoms with E-state index >= 15 is 0 Å². The van der Waals surface area contributed by atoms with Gasteiger partial charge in [-0.2, -0.15) is 0 Å². The number of hydrogen-bond acceptors (Lipinski definition) is 3. The Morgan fingerprint density at radius 2 is 0.956 bits per heavy atom. The zero-order chi connectivity index (χ0) is 32.9. The maximum Gasteiger partial charge on any atom is 0.307 e. The van der Waals surface area contributed by atoms with Crippen LogP contribution >= 0.6 is 0 Å². The Hall–Kier alpha value is -2.36. The predicted molar refractivity (Wildman–Crippen MR) is 195 cm³/mol. The van der Waals surface area contributed by atoms with Crippen LogP contribution < -0.4 is 0 Å². The lowest BCUT2D eigenvalue weighted by Gasteiger charge is -2.16. The van der Waals surface area contributed by atoms with Crippen molar-refractivity contribution in [2.75, 3.05) is 0 Å². The van der Waals surface area contributed by atoms with Gasteiger partial charge >= 0.3 is 11.9 Å². The fraction of sp³-hybridized carbons (Fsp3) is 0.707. The van der Waals surface area contributed by atoms with Gasteiger partial charge in [-0.25, -0.2) is 0 Å². The van der Waals surface area contributed by atoms with Gasteiger partial charge in [-0.1, -0.05) is 164 Å². The molecule has 0 amide bonds. The molecule has 0 bridgehead atoms. The van der Waals surface area contributed by atoms with E-state index in [0.717, 1.165) is 70.6 Å². The number of carbonyl (C=O) groups excluding carboxylic acids is 1. The Morgan fingerprint density at radius 3 is 1.44 bits per heavy atom. The van der Waals surface area contributed by atoms with Crippen molar-refractivity contribution in [3.05, 3.63) is 60.8 Å². The molecule has 0 saturated carbocycles. The van der Waals surface area contributed by atoms with Crippen molar-refractivity contribution in [3.8, 4) is 0 Å². The Balaban J connectivity index is 3.73. The number of ether oxygens (including phenoxy) is 1. The van der Waals surface area contributed by atoms with Crippen LogP contribution in [0.4, 0.5) is 0 Å². The fourth-order valence-electron chi connectivity index (χ4n) is 5.29. The van der Waals surface area contributed by atoms with E-state index in [1.165, 1.54) is 77.0 Å². The Bertz CT molecular complexity index is 804. The van der Waals surface area contributed by atoms with Crippen LogP contribution in [0, 0.1) is 0 Å². The third-order valence-corrected chi connectivity index (χ3v) is 7.99. The highest BCUT2D eigenvalue weighted by Crippen LogP contribution is 2.16. The highest BCUT2D eigenvalue weighted by atomic mass is 16.5. The van der Waals surface area contributed by atoms with E-state index in [4.69, 9.17) is 4.74 Å². The van der Waals surface area contributed by atoms with E-state index in [0.29, 0.717) is 12.8 Å². The monoisotopic (exact) mass is 627 g/mol. The van der Waals surface area contributed by atoms with Gasteiger partial charge in [0.15, 0.2) is 0 Å². The van der Waals surface area contributed by atoms with Crippen LogP contribution in [0.15, 0.2) is 60.8 Å². The molecule has 0 heterocycles. The topological polar surface area (TPSA) is 63.6 Å². The molecule has 0 spiro atoms. The summed E-state index contributed by atoms with van der Waals surface area (Å²) in [5.74, 6) is -1.13. The van der Waals surface area contributed by atoms with Crippen LogP contribution in [0.3, 0.4) is 0 Å². The average molecular weight is 627 g/mol. The third-order valence-electron chi connectivity index (χ3n) is 7.99. The maximum absolute atomic E-state index is 12.3. The van der Waals surface area contributed by atoms with Crippen molar-refractivity contribution >= 4 is 11.9 Å². The molecule has 0 aromatic heterocycles. The largest absolute Gasteiger partial charge is 0.481 e. The number of unbranched alkanes of at least 4 members (excludes halogenated alkanes) is 16. The third kappa shape index (κ3) is 36.0. The molecule has 258 valence electrons.